The molecule has 1 aliphatic rings. The molecule has 3 heteroatoms. The van der Waals surface area contributed by atoms with Crippen LogP contribution in [0.1, 0.15) is 25.7 Å². The molecule has 1 fully saturated rings. The summed E-state index contributed by atoms with van der Waals surface area (Å²) >= 11 is 0. The third-order valence-corrected chi connectivity index (χ3v) is 3.67. The molecule has 3 nitrogen and oxygen atoms in total. The van der Waals surface area contributed by atoms with Crippen molar-refractivity contribution in [1.82, 2.24) is 9.55 Å². The van der Waals surface area contributed by atoms with Gasteiger partial charge in [0.15, 0.2) is 0 Å². The van der Waals surface area contributed by atoms with Crippen LogP contribution in [0.15, 0.2) is 24.3 Å². The van der Waals surface area contributed by atoms with Crippen LogP contribution in [0.4, 0.5) is 5.95 Å². The number of hydrogen-bond acceptors (Lipinski definition) is 2. The molecule has 0 radical (unpaired) electrons. The van der Waals surface area contributed by atoms with Gasteiger partial charge in [-0.15, -0.1) is 0 Å². The van der Waals surface area contributed by atoms with Crippen LogP contribution in [-0.2, 0) is 6.54 Å². The third kappa shape index (κ3) is 1.56. The zero-order chi connectivity index (χ0) is 11.0. The number of fused-ring (bicyclic) bond motifs is 1. The Kier molecular flexibility index (Phi) is 2.31. The fraction of sp³-hybridized carbons (Fsp3) is 0.462. The molecular formula is C13H17N3. The standard InChI is InChI=1S/C13H17N3/c14-13-15-11-6-1-2-7-12(11)16(13)9-8-10-4-3-5-10/h1-2,6-7,10H,3-5,8-9H2,(H2,14,15). The van der Waals surface area contributed by atoms with E-state index in [0.717, 1.165) is 18.0 Å². The Bertz CT molecular complexity index is 497. The first-order valence-corrected chi connectivity index (χ1v) is 6.05. The van der Waals surface area contributed by atoms with Gasteiger partial charge in [0, 0.05) is 6.54 Å². The van der Waals surface area contributed by atoms with Crippen molar-refractivity contribution in [2.24, 2.45) is 5.92 Å². The minimum absolute atomic E-state index is 0.653. The molecular weight excluding hydrogens is 198 g/mol. The number of benzene rings is 1. The first-order valence-electron chi connectivity index (χ1n) is 6.05. The average Bonchev–Trinajstić information content (AvgIpc) is 2.53. The monoisotopic (exact) mass is 215 g/mol. The maximum Gasteiger partial charge on any atom is 0.201 e. The third-order valence-electron chi connectivity index (χ3n) is 3.67. The Morgan fingerprint density at radius 3 is 2.88 bits per heavy atom. The van der Waals surface area contributed by atoms with E-state index in [4.69, 9.17) is 5.73 Å². The summed E-state index contributed by atoms with van der Waals surface area (Å²) in [6, 6.07) is 8.17. The molecule has 2 aromatic rings. The first kappa shape index (κ1) is 9.70. The van der Waals surface area contributed by atoms with Crippen molar-refractivity contribution in [3.05, 3.63) is 24.3 Å². The van der Waals surface area contributed by atoms with Crippen molar-refractivity contribution in [1.29, 1.82) is 0 Å². The van der Waals surface area contributed by atoms with Crippen molar-refractivity contribution >= 4 is 17.0 Å². The van der Waals surface area contributed by atoms with Crippen molar-refractivity contribution < 1.29 is 0 Å². The molecule has 0 saturated heterocycles. The maximum atomic E-state index is 5.95. The Morgan fingerprint density at radius 2 is 2.12 bits per heavy atom. The van der Waals surface area contributed by atoms with Crippen molar-refractivity contribution in [2.75, 3.05) is 5.73 Å². The molecule has 2 N–H and O–H groups in total. The molecule has 1 aromatic heterocycles. The van der Waals surface area contributed by atoms with E-state index in [0.29, 0.717) is 5.95 Å². The van der Waals surface area contributed by atoms with E-state index in [1.807, 2.05) is 18.2 Å². The van der Waals surface area contributed by atoms with Gasteiger partial charge in [0.25, 0.3) is 0 Å². The number of rotatable bonds is 3. The molecule has 0 atom stereocenters. The second kappa shape index (κ2) is 3.81. The lowest BCUT2D eigenvalue weighted by molar-refractivity contribution is 0.284. The second-order valence-electron chi connectivity index (χ2n) is 4.70. The summed E-state index contributed by atoms with van der Waals surface area (Å²) in [7, 11) is 0. The van der Waals surface area contributed by atoms with Gasteiger partial charge in [-0.05, 0) is 24.5 Å². The van der Waals surface area contributed by atoms with Crippen LogP contribution >= 0.6 is 0 Å². The van der Waals surface area contributed by atoms with Gasteiger partial charge < -0.3 is 10.3 Å². The molecule has 0 bridgehead atoms. The van der Waals surface area contributed by atoms with Crippen LogP contribution < -0.4 is 5.73 Å². The zero-order valence-electron chi connectivity index (χ0n) is 9.39. The fourth-order valence-electron chi connectivity index (χ4n) is 2.42. The molecule has 1 saturated carbocycles. The summed E-state index contributed by atoms with van der Waals surface area (Å²) < 4.78 is 2.15. The smallest absolute Gasteiger partial charge is 0.201 e. The number of hydrogen-bond donors (Lipinski definition) is 1. The Morgan fingerprint density at radius 1 is 1.31 bits per heavy atom. The van der Waals surface area contributed by atoms with E-state index in [2.05, 4.69) is 15.6 Å². The lowest BCUT2D eigenvalue weighted by atomic mass is 9.83. The van der Waals surface area contributed by atoms with Gasteiger partial charge >= 0.3 is 0 Å². The topological polar surface area (TPSA) is 43.8 Å². The van der Waals surface area contributed by atoms with Crippen LogP contribution in [0.2, 0.25) is 0 Å². The van der Waals surface area contributed by atoms with Crippen molar-refractivity contribution in [2.45, 2.75) is 32.2 Å². The minimum Gasteiger partial charge on any atom is -0.369 e. The number of imidazole rings is 1. The highest BCUT2D eigenvalue weighted by Crippen LogP contribution is 2.30. The van der Waals surface area contributed by atoms with Gasteiger partial charge in [-0.25, -0.2) is 4.98 Å². The summed E-state index contributed by atoms with van der Waals surface area (Å²) in [4.78, 5) is 4.38. The highest BCUT2D eigenvalue weighted by molar-refractivity contribution is 5.78. The Balaban J connectivity index is 1.86. The largest absolute Gasteiger partial charge is 0.369 e. The summed E-state index contributed by atoms with van der Waals surface area (Å²) in [5.41, 5.74) is 8.12. The normalized spacial score (nSPS) is 16.5. The SMILES string of the molecule is Nc1nc2ccccc2n1CCC1CCC1. The molecule has 1 aromatic carbocycles. The van der Waals surface area contributed by atoms with Gasteiger partial charge in [0.05, 0.1) is 11.0 Å². The maximum absolute atomic E-state index is 5.95. The number of nitrogens with zero attached hydrogens (tertiary/aromatic N) is 2. The minimum atomic E-state index is 0.653. The first-order chi connectivity index (χ1) is 7.84. The molecule has 1 aliphatic carbocycles. The summed E-state index contributed by atoms with van der Waals surface area (Å²) in [6.07, 6.45) is 5.44. The van der Waals surface area contributed by atoms with Gasteiger partial charge in [-0.1, -0.05) is 31.4 Å². The zero-order valence-corrected chi connectivity index (χ0v) is 9.39. The van der Waals surface area contributed by atoms with Gasteiger partial charge in [0.1, 0.15) is 0 Å². The Labute approximate surface area is 95.3 Å². The molecule has 1 heterocycles. The summed E-state index contributed by atoms with van der Waals surface area (Å²) in [5.74, 6) is 1.57. The van der Waals surface area contributed by atoms with Gasteiger partial charge in [-0.3, -0.25) is 0 Å². The lowest BCUT2D eigenvalue weighted by Gasteiger charge is -2.25. The lowest BCUT2D eigenvalue weighted by Crippen LogP contribution is -2.14. The molecule has 3 rings (SSSR count). The summed E-state index contributed by atoms with van der Waals surface area (Å²) in [6.45, 7) is 1.01. The van der Waals surface area contributed by atoms with Crippen molar-refractivity contribution in [3.63, 3.8) is 0 Å². The molecule has 0 aliphatic heterocycles. The number of aryl methyl sites for hydroxylation is 1. The number of nitrogens with two attached hydrogens (primary N) is 1. The average molecular weight is 215 g/mol. The van der Waals surface area contributed by atoms with Crippen LogP contribution in [0.5, 0.6) is 0 Å². The molecule has 0 spiro atoms. The van der Waals surface area contributed by atoms with Crippen LogP contribution in [-0.4, -0.2) is 9.55 Å². The van der Waals surface area contributed by atoms with E-state index in [9.17, 15) is 0 Å². The van der Waals surface area contributed by atoms with Crippen molar-refractivity contribution in [3.8, 4) is 0 Å². The highest BCUT2D eigenvalue weighted by Gasteiger charge is 2.18. The van der Waals surface area contributed by atoms with Gasteiger partial charge in [0.2, 0.25) is 5.95 Å². The van der Waals surface area contributed by atoms with E-state index in [-0.39, 0.29) is 0 Å². The molecule has 84 valence electrons. The van der Waals surface area contributed by atoms with E-state index < -0.39 is 0 Å². The van der Waals surface area contributed by atoms with E-state index in [1.165, 1.54) is 31.2 Å². The molecule has 0 unspecified atom stereocenters. The van der Waals surface area contributed by atoms with E-state index in [1.54, 1.807) is 0 Å². The van der Waals surface area contributed by atoms with Gasteiger partial charge in [-0.2, -0.15) is 0 Å². The predicted octanol–water partition coefficient (Wildman–Crippen LogP) is 2.81. The predicted molar refractivity (Wildman–Crippen MR) is 66.1 cm³/mol. The second-order valence-corrected chi connectivity index (χ2v) is 4.70. The number of anilines is 1. The Hall–Kier alpha value is -1.51. The van der Waals surface area contributed by atoms with E-state index >= 15 is 0 Å². The van der Waals surface area contributed by atoms with Crippen LogP contribution in [0.3, 0.4) is 0 Å². The number of para-hydroxylation sites is 2. The number of nitrogen functional groups attached to an aromatic ring is 1. The molecule has 0 amide bonds. The quantitative estimate of drug-likeness (QED) is 0.855. The van der Waals surface area contributed by atoms with Crippen LogP contribution in [0, 0.1) is 5.92 Å². The fourth-order valence-corrected chi connectivity index (χ4v) is 2.42. The molecule has 16 heavy (non-hydrogen) atoms. The summed E-state index contributed by atoms with van der Waals surface area (Å²) in [5, 5.41) is 0. The highest BCUT2D eigenvalue weighted by atomic mass is 15.1. The number of aromatic nitrogens is 2. The van der Waals surface area contributed by atoms with Crippen LogP contribution in [0.25, 0.3) is 11.0 Å².